The highest BCUT2D eigenvalue weighted by Gasteiger charge is 2.48. The zero-order valence-electron chi connectivity index (χ0n) is 19.8. The molecule has 0 atom stereocenters. The van der Waals surface area contributed by atoms with Crippen LogP contribution in [0.5, 0.6) is 0 Å². The third kappa shape index (κ3) is 5.25. The van der Waals surface area contributed by atoms with Crippen LogP contribution in [-0.4, -0.2) is 83.4 Å². The van der Waals surface area contributed by atoms with Crippen LogP contribution in [-0.2, 0) is 23.8 Å². The Morgan fingerprint density at radius 1 is 0.677 bits per heavy atom. The number of rotatable bonds is 4. The van der Waals surface area contributed by atoms with E-state index in [0.29, 0.717) is 26.2 Å². The van der Waals surface area contributed by atoms with E-state index in [1.165, 1.54) is 0 Å². The van der Waals surface area contributed by atoms with E-state index in [9.17, 15) is 9.59 Å². The Labute approximate surface area is 186 Å². The standard InChI is InChI=1S/C24H40N2O5/c1-21(2)15-25(17-23(30-21)9-5-6-10-23)19(27)13-29-14-20(28)26-16-22(3,4)31-24(18-26)11-7-8-12-24/h5-18H2,1-4H3. The van der Waals surface area contributed by atoms with E-state index in [0.717, 1.165) is 51.4 Å². The van der Waals surface area contributed by atoms with Crippen molar-refractivity contribution in [3.05, 3.63) is 0 Å². The maximum Gasteiger partial charge on any atom is 0.248 e. The van der Waals surface area contributed by atoms with Gasteiger partial charge in [-0.25, -0.2) is 0 Å². The van der Waals surface area contributed by atoms with Crippen molar-refractivity contribution in [1.29, 1.82) is 0 Å². The monoisotopic (exact) mass is 436 g/mol. The topological polar surface area (TPSA) is 68.3 Å². The van der Waals surface area contributed by atoms with Gasteiger partial charge in [0.05, 0.1) is 22.4 Å². The number of morpholine rings is 2. The second-order valence-corrected chi connectivity index (χ2v) is 11.5. The van der Waals surface area contributed by atoms with E-state index < -0.39 is 0 Å². The van der Waals surface area contributed by atoms with Gasteiger partial charge in [-0.2, -0.15) is 0 Å². The van der Waals surface area contributed by atoms with Gasteiger partial charge in [-0.05, 0) is 53.4 Å². The normalized spacial score (nSPS) is 28.4. The zero-order valence-corrected chi connectivity index (χ0v) is 19.8. The van der Waals surface area contributed by atoms with Gasteiger partial charge in [0.25, 0.3) is 0 Å². The van der Waals surface area contributed by atoms with Crippen LogP contribution in [0.3, 0.4) is 0 Å². The van der Waals surface area contributed by atoms with Crippen LogP contribution in [0.4, 0.5) is 0 Å². The summed E-state index contributed by atoms with van der Waals surface area (Å²) in [5.41, 5.74) is -1.13. The van der Waals surface area contributed by atoms with Crippen molar-refractivity contribution in [2.24, 2.45) is 0 Å². The Bertz CT molecular complexity index is 634. The lowest BCUT2D eigenvalue weighted by Gasteiger charge is -2.49. The van der Waals surface area contributed by atoms with Crippen molar-refractivity contribution in [3.8, 4) is 0 Å². The van der Waals surface area contributed by atoms with Crippen molar-refractivity contribution in [2.75, 3.05) is 39.4 Å². The van der Waals surface area contributed by atoms with E-state index >= 15 is 0 Å². The van der Waals surface area contributed by atoms with E-state index in [4.69, 9.17) is 14.2 Å². The molecule has 4 fully saturated rings. The number of hydrogen-bond acceptors (Lipinski definition) is 5. The van der Waals surface area contributed by atoms with Gasteiger partial charge in [-0.15, -0.1) is 0 Å². The lowest BCUT2D eigenvalue weighted by atomic mass is 9.94. The average Bonchev–Trinajstić information content (AvgIpc) is 3.28. The van der Waals surface area contributed by atoms with Gasteiger partial charge in [-0.3, -0.25) is 9.59 Å². The number of ether oxygens (including phenoxy) is 3. The summed E-state index contributed by atoms with van der Waals surface area (Å²) in [5.74, 6) is -0.102. The molecule has 4 rings (SSSR count). The van der Waals surface area contributed by atoms with Crippen molar-refractivity contribution < 1.29 is 23.8 Å². The van der Waals surface area contributed by atoms with E-state index in [1.54, 1.807) is 0 Å². The van der Waals surface area contributed by atoms with Crippen molar-refractivity contribution in [3.63, 3.8) is 0 Å². The van der Waals surface area contributed by atoms with Gasteiger partial charge >= 0.3 is 0 Å². The molecule has 2 saturated heterocycles. The first-order valence-electron chi connectivity index (χ1n) is 12.0. The SMILES string of the molecule is CC1(C)CN(C(=O)COCC(=O)N2CC(C)(C)OC3(CCCC3)C2)CC2(CCCC2)O1. The molecule has 2 aliphatic heterocycles. The molecule has 0 unspecified atom stereocenters. The smallest absolute Gasteiger partial charge is 0.248 e. The molecular formula is C24H40N2O5. The van der Waals surface area contributed by atoms with E-state index in [1.807, 2.05) is 9.80 Å². The number of amides is 2. The Morgan fingerprint density at radius 3 is 1.39 bits per heavy atom. The molecular weight excluding hydrogens is 396 g/mol. The fraction of sp³-hybridized carbons (Fsp3) is 0.917. The Hall–Kier alpha value is -1.18. The number of carbonyl (C=O) groups is 2. The predicted octanol–water partition coefficient (Wildman–Crippen LogP) is 2.90. The summed E-state index contributed by atoms with van der Waals surface area (Å²) in [6.45, 7) is 10.5. The first-order valence-corrected chi connectivity index (χ1v) is 12.0. The molecule has 2 spiro atoms. The summed E-state index contributed by atoms with van der Waals surface area (Å²) in [4.78, 5) is 29.5. The lowest BCUT2D eigenvalue weighted by Crippen LogP contribution is -2.61. The van der Waals surface area contributed by atoms with Crippen LogP contribution < -0.4 is 0 Å². The molecule has 31 heavy (non-hydrogen) atoms. The third-order valence-electron chi connectivity index (χ3n) is 7.27. The van der Waals surface area contributed by atoms with Gasteiger partial charge in [-0.1, -0.05) is 25.7 Å². The van der Waals surface area contributed by atoms with Crippen LogP contribution in [0.1, 0.15) is 79.1 Å². The van der Waals surface area contributed by atoms with Crippen LogP contribution >= 0.6 is 0 Å². The summed E-state index contributed by atoms with van der Waals surface area (Å²) in [7, 11) is 0. The number of carbonyl (C=O) groups excluding carboxylic acids is 2. The molecule has 176 valence electrons. The highest BCUT2D eigenvalue weighted by molar-refractivity contribution is 5.80. The maximum atomic E-state index is 12.9. The van der Waals surface area contributed by atoms with E-state index in [-0.39, 0.29) is 47.4 Å². The molecule has 7 nitrogen and oxygen atoms in total. The minimum atomic E-state index is -0.358. The van der Waals surface area contributed by atoms with Crippen LogP contribution in [0, 0.1) is 0 Å². The van der Waals surface area contributed by atoms with Gasteiger partial charge in [0, 0.05) is 26.2 Å². The molecule has 2 heterocycles. The Kier molecular flexibility index (Phi) is 6.16. The van der Waals surface area contributed by atoms with Crippen molar-refractivity contribution in [1.82, 2.24) is 9.80 Å². The maximum absolute atomic E-state index is 12.9. The Balaban J connectivity index is 1.29. The predicted molar refractivity (Wildman–Crippen MR) is 117 cm³/mol. The zero-order chi connectivity index (χ0) is 22.3. The number of nitrogens with zero attached hydrogens (tertiary/aromatic N) is 2. The summed E-state index contributed by atoms with van der Waals surface area (Å²) in [6.07, 6.45) is 8.65. The molecule has 2 amide bonds. The quantitative estimate of drug-likeness (QED) is 0.678. The average molecular weight is 437 g/mol. The van der Waals surface area contributed by atoms with E-state index in [2.05, 4.69) is 27.7 Å². The minimum Gasteiger partial charge on any atom is -0.365 e. The van der Waals surface area contributed by atoms with Gasteiger partial charge < -0.3 is 24.0 Å². The summed E-state index contributed by atoms with van der Waals surface area (Å²) in [6, 6.07) is 0. The Morgan fingerprint density at radius 2 is 1.03 bits per heavy atom. The summed E-state index contributed by atoms with van der Waals surface area (Å²) in [5, 5.41) is 0. The summed E-state index contributed by atoms with van der Waals surface area (Å²) >= 11 is 0. The van der Waals surface area contributed by atoms with Gasteiger partial charge in [0.1, 0.15) is 13.2 Å². The first-order chi connectivity index (χ1) is 14.5. The second-order valence-electron chi connectivity index (χ2n) is 11.5. The molecule has 0 aromatic carbocycles. The molecule has 4 aliphatic rings. The van der Waals surface area contributed by atoms with Crippen molar-refractivity contribution in [2.45, 2.75) is 101 Å². The molecule has 2 aliphatic carbocycles. The molecule has 2 saturated carbocycles. The van der Waals surface area contributed by atoms with Crippen LogP contribution in [0.15, 0.2) is 0 Å². The van der Waals surface area contributed by atoms with Gasteiger partial charge in [0.2, 0.25) is 11.8 Å². The summed E-state index contributed by atoms with van der Waals surface area (Å²) < 4.78 is 18.4. The van der Waals surface area contributed by atoms with Gasteiger partial charge in [0.15, 0.2) is 0 Å². The molecule has 0 radical (unpaired) electrons. The number of hydrogen-bond donors (Lipinski definition) is 0. The highest BCUT2D eigenvalue weighted by atomic mass is 16.5. The largest absolute Gasteiger partial charge is 0.365 e. The van der Waals surface area contributed by atoms with Crippen LogP contribution in [0.2, 0.25) is 0 Å². The van der Waals surface area contributed by atoms with Crippen LogP contribution in [0.25, 0.3) is 0 Å². The first kappa shape index (κ1) is 23.0. The molecule has 0 N–H and O–H groups in total. The minimum absolute atomic E-state index is 0.0509. The fourth-order valence-electron chi connectivity index (χ4n) is 6.35. The highest BCUT2D eigenvalue weighted by Crippen LogP contribution is 2.41. The fourth-order valence-corrected chi connectivity index (χ4v) is 6.35. The molecule has 0 aromatic heterocycles. The van der Waals surface area contributed by atoms with Crippen molar-refractivity contribution >= 4 is 11.8 Å². The second kappa shape index (κ2) is 8.31. The third-order valence-corrected chi connectivity index (χ3v) is 7.27. The lowest BCUT2D eigenvalue weighted by molar-refractivity contribution is -0.202. The molecule has 0 aromatic rings. The molecule has 0 bridgehead atoms. The molecule has 7 heteroatoms.